The first-order valence-corrected chi connectivity index (χ1v) is 7.94. The second-order valence-electron chi connectivity index (χ2n) is 6.09. The van der Waals surface area contributed by atoms with Crippen LogP contribution in [0.4, 0.5) is 0 Å². The topological polar surface area (TPSA) is 55.1 Å². The number of rotatable bonds is 6. The number of nitrogens with one attached hydrogen (secondary N) is 1. The third kappa shape index (κ3) is 5.09. The second kappa shape index (κ2) is 7.77. The standard InChI is InChI=1S/C19H24N2O2/c1-13(2)18(16-7-5-14(3)6-8-16)12-19(22)20-10-9-17-11-15(4)23-21-17/h5-8,11-13H,9-10H2,1-4H3,(H,20,22)/b18-12+. The Bertz CT molecular complexity index is 682. The van der Waals surface area contributed by atoms with Crippen molar-refractivity contribution < 1.29 is 9.32 Å². The first-order chi connectivity index (χ1) is 11.0. The molecule has 0 radical (unpaired) electrons. The van der Waals surface area contributed by atoms with Gasteiger partial charge in [0.25, 0.3) is 0 Å². The highest BCUT2D eigenvalue weighted by atomic mass is 16.5. The van der Waals surface area contributed by atoms with Crippen LogP contribution in [0.3, 0.4) is 0 Å². The maximum atomic E-state index is 12.2. The molecule has 1 aromatic carbocycles. The van der Waals surface area contributed by atoms with E-state index in [9.17, 15) is 4.79 Å². The quantitative estimate of drug-likeness (QED) is 0.828. The van der Waals surface area contributed by atoms with Crippen LogP contribution in [0.2, 0.25) is 0 Å². The minimum Gasteiger partial charge on any atom is -0.361 e. The van der Waals surface area contributed by atoms with E-state index in [1.165, 1.54) is 5.56 Å². The number of hydrogen-bond acceptors (Lipinski definition) is 3. The number of carbonyl (C=O) groups is 1. The van der Waals surface area contributed by atoms with Gasteiger partial charge in [0.1, 0.15) is 5.76 Å². The smallest absolute Gasteiger partial charge is 0.244 e. The Morgan fingerprint density at radius 1 is 1.26 bits per heavy atom. The average molecular weight is 312 g/mol. The Hall–Kier alpha value is -2.36. The van der Waals surface area contributed by atoms with Gasteiger partial charge in [0.2, 0.25) is 5.91 Å². The van der Waals surface area contributed by atoms with Crippen LogP contribution in [0.5, 0.6) is 0 Å². The molecule has 1 aromatic heterocycles. The monoisotopic (exact) mass is 312 g/mol. The Morgan fingerprint density at radius 3 is 2.52 bits per heavy atom. The molecule has 122 valence electrons. The molecule has 2 rings (SSSR count). The molecule has 0 atom stereocenters. The van der Waals surface area contributed by atoms with Crippen LogP contribution in [-0.4, -0.2) is 17.6 Å². The van der Waals surface area contributed by atoms with Crippen molar-refractivity contribution in [3.8, 4) is 0 Å². The maximum Gasteiger partial charge on any atom is 0.244 e. The summed E-state index contributed by atoms with van der Waals surface area (Å²) in [5.74, 6) is 0.990. The van der Waals surface area contributed by atoms with E-state index >= 15 is 0 Å². The molecule has 0 aliphatic rings. The number of amides is 1. The predicted molar refractivity (Wildman–Crippen MR) is 91.9 cm³/mol. The number of aryl methyl sites for hydroxylation is 2. The van der Waals surface area contributed by atoms with Gasteiger partial charge >= 0.3 is 0 Å². The van der Waals surface area contributed by atoms with Crippen LogP contribution in [0, 0.1) is 19.8 Å². The van der Waals surface area contributed by atoms with Gasteiger partial charge in [-0.3, -0.25) is 4.79 Å². The molecule has 2 aromatic rings. The van der Waals surface area contributed by atoms with Crippen LogP contribution in [0.1, 0.15) is 36.4 Å². The zero-order valence-corrected chi connectivity index (χ0v) is 14.2. The average Bonchev–Trinajstić information content (AvgIpc) is 2.91. The van der Waals surface area contributed by atoms with E-state index in [0.29, 0.717) is 13.0 Å². The van der Waals surface area contributed by atoms with Gasteiger partial charge in [-0.15, -0.1) is 0 Å². The molecule has 4 heteroatoms. The molecule has 0 aliphatic heterocycles. The van der Waals surface area contributed by atoms with Crippen molar-refractivity contribution in [3.05, 3.63) is 59.0 Å². The van der Waals surface area contributed by atoms with E-state index in [2.05, 4.69) is 55.5 Å². The van der Waals surface area contributed by atoms with Crippen molar-refractivity contribution in [3.63, 3.8) is 0 Å². The van der Waals surface area contributed by atoms with Crippen molar-refractivity contribution in [2.75, 3.05) is 6.54 Å². The van der Waals surface area contributed by atoms with E-state index in [1.807, 2.05) is 13.0 Å². The van der Waals surface area contributed by atoms with Crippen molar-refractivity contribution in [2.45, 2.75) is 34.1 Å². The SMILES string of the molecule is Cc1ccc(/C(=C/C(=O)NCCc2cc(C)on2)C(C)C)cc1. The first kappa shape index (κ1) is 17.0. The summed E-state index contributed by atoms with van der Waals surface area (Å²) in [6, 6.07) is 10.1. The highest BCUT2D eigenvalue weighted by molar-refractivity contribution is 5.95. The number of carbonyl (C=O) groups excluding carboxylic acids is 1. The van der Waals surface area contributed by atoms with Crippen molar-refractivity contribution in [1.29, 1.82) is 0 Å². The largest absolute Gasteiger partial charge is 0.361 e. The van der Waals surface area contributed by atoms with Crippen molar-refractivity contribution >= 4 is 11.5 Å². The van der Waals surface area contributed by atoms with Gasteiger partial charge in [0.05, 0.1) is 5.69 Å². The molecule has 1 amide bonds. The van der Waals surface area contributed by atoms with Gasteiger partial charge in [0.15, 0.2) is 0 Å². The molecule has 0 spiro atoms. The summed E-state index contributed by atoms with van der Waals surface area (Å²) >= 11 is 0. The predicted octanol–water partition coefficient (Wildman–Crippen LogP) is 3.69. The summed E-state index contributed by atoms with van der Waals surface area (Å²) in [5.41, 5.74) is 4.20. The molecule has 0 saturated heterocycles. The van der Waals surface area contributed by atoms with Crippen molar-refractivity contribution in [1.82, 2.24) is 10.5 Å². The van der Waals surface area contributed by atoms with E-state index in [-0.39, 0.29) is 11.8 Å². The molecule has 1 heterocycles. The molecule has 4 nitrogen and oxygen atoms in total. The minimum absolute atomic E-state index is 0.0745. The summed E-state index contributed by atoms with van der Waals surface area (Å²) in [4.78, 5) is 12.2. The first-order valence-electron chi connectivity index (χ1n) is 7.94. The molecule has 0 bridgehead atoms. The number of nitrogens with zero attached hydrogens (tertiary/aromatic N) is 1. The van der Waals surface area contributed by atoms with Gasteiger partial charge in [-0.25, -0.2) is 0 Å². The zero-order valence-electron chi connectivity index (χ0n) is 14.2. The fraction of sp³-hybridized carbons (Fsp3) is 0.368. The fourth-order valence-corrected chi connectivity index (χ4v) is 2.37. The number of benzene rings is 1. The molecular weight excluding hydrogens is 288 g/mol. The van der Waals surface area contributed by atoms with Gasteiger partial charge in [0, 0.05) is 25.1 Å². The van der Waals surface area contributed by atoms with Crippen LogP contribution >= 0.6 is 0 Å². The Kier molecular flexibility index (Phi) is 5.74. The van der Waals surface area contributed by atoms with Crippen LogP contribution in [0.15, 0.2) is 40.9 Å². The Labute approximate surface area is 137 Å². The third-order valence-corrected chi connectivity index (χ3v) is 3.65. The van der Waals surface area contributed by atoms with E-state index in [0.717, 1.165) is 22.6 Å². The minimum atomic E-state index is -0.0745. The highest BCUT2D eigenvalue weighted by Crippen LogP contribution is 2.23. The maximum absolute atomic E-state index is 12.2. The van der Waals surface area contributed by atoms with E-state index < -0.39 is 0 Å². The molecule has 0 unspecified atom stereocenters. The normalized spacial score (nSPS) is 11.8. The van der Waals surface area contributed by atoms with E-state index in [1.54, 1.807) is 6.08 Å². The molecule has 0 saturated carbocycles. The summed E-state index contributed by atoms with van der Waals surface area (Å²) in [7, 11) is 0. The number of aromatic nitrogens is 1. The molecule has 1 N–H and O–H groups in total. The molecular formula is C19H24N2O2. The lowest BCUT2D eigenvalue weighted by atomic mass is 9.94. The highest BCUT2D eigenvalue weighted by Gasteiger charge is 2.09. The molecule has 23 heavy (non-hydrogen) atoms. The lowest BCUT2D eigenvalue weighted by Crippen LogP contribution is -2.24. The number of allylic oxidation sites excluding steroid dienone is 1. The van der Waals surface area contributed by atoms with Crippen molar-refractivity contribution in [2.24, 2.45) is 5.92 Å². The number of hydrogen-bond donors (Lipinski definition) is 1. The lowest BCUT2D eigenvalue weighted by Gasteiger charge is -2.12. The Morgan fingerprint density at radius 2 is 1.96 bits per heavy atom. The zero-order chi connectivity index (χ0) is 16.8. The summed E-state index contributed by atoms with van der Waals surface area (Å²) in [5, 5.41) is 6.83. The van der Waals surface area contributed by atoms with Gasteiger partial charge < -0.3 is 9.84 Å². The van der Waals surface area contributed by atoms with Crippen LogP contribution in [0.25, 0.3) is 5.57 Å². The Balaban J connectivity index is 1.98. The fourth-order valence-electron chi connectivity index (χ4n) is 2.37. The van der Waals surface area contributed by atoms with Gasteiger partial charge in [-0.05, 0) is 30.9 Å². The second-order valence-corrected chi connectivity index (χ2v) is 6.09. The van der Waals surface area contributed by atoms with Gasteiger partial charge in [-0.1, -0.05) is 48.8 Å². The van der Waals surface area contributed by atoms with Gasteiger partial charge in [-0.2, -0.15) is 0 Å². The van der Waals surface area contributed by atoms with E-state index in [4.69, 9.17) is 4.52 Å². The summed E-state index contributed by atoms with van der Waals surface area (Å²) < 4.78 is 5.01. The summed E-state index contributed by atoms with van der Waals surface area (Å²) in [6.07, 6.45) is 2.36. The molecule has 0 aliphatic carbocycles. The lowest BCUT2D eigenvalue weighted by molar-refractivity contribution is -0.116. The summed E-state index contributed by atoms with van der Waals surface area (Å²) in [6.45, 7) is 8.64. The third-order valence-electron chi connectivity index (χ3n) is 3.65. The van der Waals surface area contributed by atoms with Crippen LogP contribution < -0.4 is 5.32 Å². The molecule has 0 fully saturated rings. The van der Waals surface area contributed by atoms with Crippen LogP contribution in [-0.2, 0) is 11.2 Å².